The number of hydrogen-bond acceptors (Lipinski definition) is 7. The van der Waals surface area contributed by atoms with E-state index >= 15 is 0 Å². The largest absolute Gasteiger partial charge is 0.464 e. The summed E-state index contributed by atoms with van der Waals surface area (Å²) in [6, 6.07) is 8.42. The lowest BCUT2D eigenvalue weighted by molar-refractivity contribution is -0.169. The first-order chi connectivity index (χ1) is 14.3. The fourth-order valence-corrected chi connectivity index (χ4v) is 3.67. The summed E-state index contributed by atoms with van der Waals surface area (Å²) in [5, 5.41) is 2.52. The van der Waals surface area contributed by atoms with E-state index in [1.54, 1.807) is 13.8 Å². The van der Waals surface area contributed by atoms with Crippen LogP contribution in [0.3, 0.4) is 0 Å². The quantitative estimate of drug-likeness (QED) is 0.474. The van der Waals surface area contributed by atoms with Gasteiger partial charge in [-0.15, -0.1) is 0 Å². The van der Waals surface area contributed by atoms with Gasteiger partial charge in [0, 0.05) is 46.2 Å². The van der Waals surface area contributed by atoms with Crippen LogP contribution in [-0.4, -0.2) is 79.1 Å². The zero-order valence-corrected chi connectivity index (χ0v) is 18.4. The topological polar surface area (TPSA) is 88.2 Å². The van der Waals surface area contributed by atoms with Gasteiger partial charge < -0.3 is 14.8 Å². The minimum absolute atomic E-state index is 0.0164. The van der Waals surface area contributed by atoms with Crippen LogP contribution >= 0.6 is 0 Å². The first-order valence-electron chi connectivity index (χ1n) is 10.4. The van der Waals surface area contributed by atoms with E-state index in [1.165, 1.54) is 18.1 Å². The number of benzene rings is 1. The number of piperazine rings is 1. The van der Waals surface area contributed by atoms with Gasteiger partial charge in [-0.05, 0) is 26.3 Å². The van der Waals surface area contributed by atoms with Crippen LogP contribution in [0.4, 0.5) is 0 Å². The third-order valence-electron chi connectivity index (χ3n) is 5.05. The van der Waals surface area contributed by atoms with E-state index in [9.17, 15) is 14.4 Å². The highest BCUT2D eigenvalue weighted by Gasteiger charge is 2.51. The standard InChI is InChI=1S/C22H33N3O5/c1-5-29-20(27)22(23-18(4)26,21(28)30-6-2)16-25-12-10-24(11-13-25)15-19-9-7-8-17(3)14-19/h7-9,14H,5-6,10-13,15-16H2,1-4H3,(H,23,26). The molecule has 1 saturated heterocycles. The molecule has 1 fully saturated rings. The Labute approximate surface area is 178 Å². The molecule has 0 aromatic heterocycles. The molecule has 0 atom stereocenters. The molecule has 1 amide bonds. The molecular weight excluding hydrogens is 386 g/mol. The van der Waals surface area contributed by atoms with Crippen molar-refractivity contribution in [3.05, 3.63) is 35.4 Å². The summed E-state index contributed by atoms with van der Waals surface area (Å²) in [6.45, 7) is 10.6. The molecule has 0 bridgehead atoms. The number of ether oxygens (including phenoxy) is 2. The lowest BCUT2D eigenvalue weighted by atomic mass is 9.97. The monoisotopic (exact) mass is 419 g/mol. The van der Waals surface area contributed by atoms with Crippen LogP contribution in [0.25, 0.3) is 0 Å². The van der Waals surface area contributed by atoms with Crippen LogP contribution < -0.4 is 5.32 Å². The molecule has 1 aliphatic heterocycles. The number of aryl methyl sites for hydroxylation is 1. The molecule has 1 N–H and O–H groups in total. The molecule has 1 aromatic carbocycles. The number of amides is 1. The molecule has 30 heavy (non-hydrogen) atoms. The maximum atomic E-state index is 12.8. The number of carbonyl (C=O) groups excluding carboxylic acids is 3. The summed E-state index contributed by atoms with van der Waals surface area (Å²) >= 11 is 0. The lowest BCUT2D eigenvalue weighted by Crippen LogP contribution is -2.67. The Kier molecular flexibility index (Phi) is 8.80. The van der Waals surface area contributed by atoms with Crippen molar-refractivity contribution in [2.75, 3.05) is 45.9 Å². The number of rotatable bonds is 9. The molecule has 0 spiro atoms. The van der Waals surface area contributed by atoms with Crippen molar-refractivity contribution in [1.82, 2.24) is 15.1 Å². The van der Waals surface area contributed by atoms with Gasteiger partial charge in [-0.2, -0.15) is 0 Å². The van der Waals surface area contributed by atoms with Crippen LogP contribution in [-0.2, 0) is 30.4 Å². The van der Waals surface area contributed by atoms with Crippen LogP contribution in [0, 0.1) is 6.92 Å². The predicted molar refractivity (Wildman–Crippen MR) is 113 cm³/mol. The van der Waals surface area contributed by atoms with Crippen LogP contribution in [0.1, 0.15) is 31.9 Å². The van der Waals surface area contributed by atoms with Crippen LogP contribution in [0.2, 0.25) is 0 Å². The summed E-state index contributed by atoms with van der Waals surface area (Å²) < 4.78 is 10.3. The summed E-state index contributed by atoms with van der Waals surface area (Å²) in [7, 11) is 0. The predicted octanol–water partition coefficient (Wildman–Crippen LogP) is 1.11. The summed E-state index contributed by atoms with van der Waals surface area (Å²) in [6.07, 6.45) is 0. The zero-order chi connectivity index (χ0) is 22.1. The highest BCUT2D eigenvalue weighted by molar-refractivity contribution is 6.08. The minimum atomic E-state index is -1.86. The van der Waals surface area contributed by atoms with Gasteiger partial charge in [-0.1, -0.05) is 29.8 Å². The number of nitrogens with one attached hydrogen (secondary N) is 1. The minimum Gasteiger partial charge on any atom is -0.464 e. The Hall–Kier alpha value is -2.45. The normalized spacial score (nSPS) is 15.5. The molecule has 0 aliphatic carbocycles. The Morgan fingerprint density at radius 1 is 1.00 bits per heavy atom. The fraction of sp³-hybridized carbons (Fsp3) is 0.591. The van der Waals surface area contributed by atoms with Gasteiger partial charge in [-0.25, -0.2) is 9.59 Å². The molecule has 0 radical (unpaired) electrons. The molecule has 8 heteroatoms. The van der Waals surface area contributed by atoms with Crippen molar-refractivity contribution in [3.8, 4) is 0 Å². The second kappa shape index (κ2) is 11.1. The number of carbonyl (C=O) groups is 3. The van der Waals surface area contributed by atoms with Crippen molar-refractivity contribution in [2.45, 2.75) is 39.8 Å². The molecule has 0 unspecified atom stereocenters. The van der Waals surface area contributed by atoms with Gasteiger partial charge in [0.25, 0.3) is 0 Å². The highest BCUT2D eigenvalue weighted by Crippen LogP contribution is 2.17. The van der Waals surface area contributed by atoms with E-state index < -0.39 is 23.4 Å². The maximum Gasteiger partial charge on any atom is 0.345 e. The smallest absolute Gasteiger partial charge is 0.345 e. The molecule has 2 rings (SSSR count). The molecular formula is C22H33N3O5. The van der Waals surface area contributed by atoms with E-state index in [1.807, 2.05) is 4.90 Å². The second-order valence-corrected chi connectivity index (χ2v) is 7.57. The van der Waals surface area contributed by atoms with E-state index in [0.717, 1.165) is 19.6 Å². The first kappa shape index (κ1) is 23.8. The third-order valence-corrected chi connectivity index (χ3v) is 5.05. The zero-order valence-electron chi connectivity index (χ0n) is 18.4. The van der Waals surface area contributed by atoms with E-state index in [0.29, 0.717) is 13.1 Å². The van der Waals surface area contributed by atoms with Gasteiger partial charge in [0.2, 0.25) is 11.4 Å². The molecule has 1 aliphatic rings. The molecule has 166 valence electrons. The Morgan fingerprint density at radius 3 is 2.07 bits per heavy atom. The van der Waals surface area contributed by atoms with Gasteiger partial charge in [0.05, 0.1) is 13.2 Å². The molecule has 1 heterocycles. The summed E-state index contributed by atoms with van der Waals surface area (Å²) in [5.74, 6) is -2.07. The van der Waals surface area contributed by atoms with E-state index in [2.05, 4.69) is 41.4 Å². The van der Waals surface area contributed by atoms with Crippen molar-refractivity contribution >= 4 is 17.8 Å². The SMILES string of the molecule is CCOC(=O)C(CN1CCN(Cc2cccc(C)c2)CC1)(NC(C)=O)C(=O)OCC. The Bertz CT molecular complexity index is 726. The second-order valence-electron chi connectivity index (χ2n) is 7.57. The maximum absolute atomic E-state index is 12.8. The van der Waals surface area contributed by atoms with Crippen molar-refractivity contribution in [2.24, 2.45) is 0 Å². The van der Waals surface area contributed by atoms with Gasteiger partial charge in [-0.3, -0.25) is 14.6 Å². The average molecular weight is 420 g/mol. The van der Waals surface area contributed by atoms with Crippen molar-refractivity contribution in [1.29, 1.82) is 0 Å². The van der Waals surface area contributed by atoms with Gasteiger partial charge >= 0.3 is 11.9 Å². The fourth-order valence-electron chi connectivity index (χ4n) is 3.67. The van der Waals surface area contributed by atoms with E-state index in [-0.39, 0.29) is 19.8 Å². The average Bonchev–Trinajstić information content (AvgIpc) is 2.69. The van der Waals surface area contributed by atoms with Crippen molar-refractivity contribution < 1.29 is 23.9 Å². The highest BCUT2D eigenvalue weighted by atomic mass is 16.6. The number of hydrogen-bond donors (Lipinski definition) is 1. The Balaban J connectivity index is 2.09. The third kappa shape index (κ3) is 6.27. The number of esters is 2. The van der Waals surface area contributed by atoms with Gasteiger partial charge in [0.15, 0.2) is 0 Å². The first-order valence-corrected chi connectivity index (χ1v) is 10.4. The Morgan fingerprint density at radius 2 is 1.57 bits per heavy atom. The lowest BCUT2D eigenvalue weighted by Gasteiger charge is -2.39. The number of nitrogens with zero attached hydrogens (tertiary/aromatic N) is 2. The molecule has 8 nitrogen and oxygen atoms in total. The van der Waals surface area contributed by atoms with E-state index in [4.69, 9.17) is 9.47 Å². The van der Waals surface area contributed by atoms with Crippen LogP contribution in [0.15, 0.2) is 24.3 Å². The van der Waals surface area contributed by atoms with Gasteiger partial charge in [0.1, 0.15) is 0 Å². The molecule has 1 aromatic rings. The van der Waals surface area contributed by atoms with Crippen LogP contribution in [0.5, 0.6) is 0 Å². The van der Waals surface area contributed by atoms with Crippen molar-refractivity contribution in [3.63, 3.8) is 0 Å². The summed E-state index contributed by atoms with van der Waals surface area (Å²) in [5.41, 5.74) is 0.625. The molecule has 0 saturated carbocycles. The summed E-state index contributed by atoms with van der Waals surface area (Å²) in [4.78, 5) is 41.7.